The van der Waals surface area contributed by atoms with Crippen molar-refractivity contribution in [3.05, 3.63) is 80.8 Å². The molecule has 0 amide bonds. The number of para-hydroxylation sites is 2. The maximum Gasteiger partial charge on any atom is 0.335 e. The normalized spacial score (nSPS) is 11.6. The maximum absolute atomic E-state index is 13.1. The molecule has 0 saturated carbocycles. The fourth-order valence-corrected chi connectivity index (χ4v) is 3.15. The van der Waals surface area contributed by atoms with E-state index in [1.54, 1.807) is 31.2 Å². The first-order chi connectivity index (χ1) is 13.5. The number of aromatic carboxylic acids is 1. The van der Waals surface area contributed by atoms with Crippen molar-refractivity contribution >= 4 is 34.5 Å². The number of nitrogens with zero attached hydrogens (tertiary/aromatic N) is 3. The van der Waals surface area contributed by atoms with E-state index in [1.807, 2.05) is 12.1 Å². The van der Waals surface area contributed by atoms with Crippen LogP contribution in [-0.4, -0.2) is 20.5 Å². The summed E-state index contributed by atoms with van der Waals surface area (Å²) in [5.41, 5.74) is 3.01. The molecule has 2 N–H and O–H groups in total. The van der Waals surface area contributed by atoms with Crippen LogP contribution in [0.15, 0.2) is 53.3 Å². The highest BCUT2D eigenvalue weighted by Gasteiger charge is 2.15. The van der Waals surface area contributed by atoms with Gasteiger partial charge in [-0.25, -0.2) is 9.78 Å². The molecule has 4 aromatic rings. The Morgan fingerprint density at radius 1 is 1.21 bits per heavy atom. The SMILES string of the molecule is Cc1c(C#N)c2nc3ccccc3n2c(=O)/c1=C\Nc1ccc(C(=O)O)cc1. The van der Waals surface area contributed by atoms with E-state index < -0.39 is 5.97 Å². The maximum atomic E-state index is 13.1. The van der Waals surface area contributed by atoms with E-state index in [-0.39, 0.29) is 11.1 Å². The van der Waals surface area contributed by atoms with Crippen molar-refractivity contribution in [2.75, 3.05) is 5.32 Å². The van der Waals surface area contributed by atoms with Gasteiger partial charge in [0, 0.05) is 11.9 Å². The summed E-state index contributed by atoms with van der Waals surface area (Å²) in [4.78, 5) is 28.5. The van der Waals surface area contributed by atoms with Crippen molar-refractivity contribution in [2.45, 2.75) is 6.92 Å². The highest BCUT2D eigenvalue weighted by Crippen LogP contribution is 2.17. The van der Waals surface area contributed by atoms with Gasteiger partial charge in [-0.15, -0.1) is 0 Å². The number of carboxylic acids is 1. The molecule has 7 heteroatoms. The number of benzene rings is 2. The highest BCUT2D eigenvalue weighted by molar-refractivity contribution is 5.88. The summed E-state index contributed by atoms with van der Waals surface area (Å²) in [6.45, 7) is 1.71. The lowest BCUT2D eigenvalue weighted by molar-refractivity contribution is 0.0697. The molecule has 0 fully saturated rings. The monoisotopic (exact) mass is 370 g/mol. The molecule has 0 radical (unpaired) electrons. The lowest BCUT2D eigenvalue weighted by Crippen LogP contribution is -2.34. The standard InChI is InChI=1S/C21H14N4O3/c1-12-15(10-22)19-24-17-4-2-3-5-18(17)25(19)20(26)16(12)11-23-14-8-6-13(7-9-14)21(27)28/h2-9,11,23H,1H3,(H,27,28)/b16-11-. The number of carbonyl (C=O) groups is 1. The van der Waals surface area contributed by atoms with E-state index >= 15 is 0 Å². The van der Waals surface area contributed by atoms with Crippen LogP contribution in [0.2, 0.25) is 0 Å². The minimum Gasteiger partial charge on any atom is -0.478 e. The number of nitrogens with one attached hydrogen (secondary N) is 1. The summed E-state index contributed by atoms with van der Waals surface area (Å²) < 4.78 is 1.45. The second-order valence-electron chi connectivity index (χ2n) is 6.26. The van der Waals surface area contributed by atoms with Crippen molar-refractivity contribution in [3.63, 3.8) is 0 Å². The molecule has 0 aliphatic rings. The smallest absolute Gasteiger partial charge is 0.335 e. The molecule has 0 aliphatic heterocycles. The first-order valence-electron chi connectivity index (χ1n) is 8.45. The van der Waals surface area contributed by atoms with Gasteiger partial charge in [-0.2, -0.15) is 5.26 Å². The number of fused-ring (bicyclic) bond motifs is 3. The number of hydrogen-bond acceptors (Lipinski definition) is 5. The third-order valence-corrected chi connectivity index (χ3v) is 4.62. The van der Waals surface area contributed by atoms with Gasteiger partial charge in [0.15, 0.2) is 5.65 Å². The number of nitriles is 1. The molecule has 0 spiro atoms. The quantitative estimate of drug-likeness (QED) is 0.573. The molecular weight excluding hydrogens is 356 g/mol. The van der Waals surface area contributed by atoms with Crippen LogP contribution in [0.4, 0.5) is 5.69 Å². The fourth-order valence-electron chi connectivity index (χ4n) is 3.15. The van der Waals surface area contributed by atoms with Gasteiger partial charge in [-0.3, -0.25) is 9.20 Å². The third-order valence-electron chi connectivity index (χ3n) is 4.62. The van der Waals surface area contributed by atoms with Crippen LogP contribution in [0.5, 0.6) is 0 Å². The molecule has 2 aromatic carbocycles. The van der Waals surface area contributed by atoms with Gasteiger partial charge in [0.05, 0.1) is 27.4 Å². The van der Waals surface area contributed by atoms with E-state index in [9.17, 15) is 14.9 Å². The Hall–Kier alpha value is -4.18. The van der Waals surface area contributed by atoms with E-state index in [4.69, 9.17) is 5.11 Å². The van der Waals surface area contributed by atoms with Crippen LogP contribution in [0.3, 0.4) is 0 Å². The first kappa shape index (κ1) is 17.2. The lowest BCUT2D eigenvalue weighted by atomic mass is 10.1. The van der Waals surface area contributed by atoms with E-state index in [2.05, 4.69) is 16.4 Å². The topological polar surface area (TPSA) is 107 Å². The third kappa shape index (κ3) is 2.64. The number of pyridine rings is 1. The van der Waals surface area contributed by atoms with Crippen LogP contribution < -0.4 is 16.1 Å². The van der Waals surface area contributed by atoms with Crippen LogP contribution in [0, 0.1) is 18.3 Å². The summed E-state index contributed by atoms with van der Waals surface area (Å²) in [5, 5.41) is 21.9. The largest absolute Gasteiger partial charge is 0.478 e. The van der Waals surface area contributed by atoms with Gasteiger partial charge in [-0.1, -0.05) is 12.1 Å². The van der Waals surface area contributed by atoms with Crippen LogP contribution in [0.25, 0.3) is 22.9 Å². The molecule has 7 nitrogen and oxygen atoms in total. The molecule has 0 unspecified atom stereocenters. The number of rotatable bonds is 3. The minimum atomic E-state index is -1.01. The average molecular weight is 370 g/mol. The Morgan fingerprint density at radius 3 is 2.61 bits per heavy atom. The molecule has 2 heterocycles. The average Bonchev–Trinajstić information content (AvgIpc) is 3.08. The summed E-state index contributed by atoms with van der Waals surface area (Å²) in [5.74, 6) is -1.01. The Labute approximate surface area is 158 Å². The number of anilines is 1. The number of aromatic nitrogens is 2. The molecule has 0 atom stereocenters. The second kappa shape index (κ2) is 6.52. The zero-order valence-electron chi connectivity index (χ0n) is 14.8. The van der Waals surface area contributed by atoms with Gasteiger partial charge < -0.3 is 10.4 Å². The van der Waals surface area contributed by atoms with Gasteiger partial charge in [0.2, 0.25) is 0 Å². The summed E-state index contributed by atoms with van der Waals surface area (Å²) in [6, 6.07) is 15.5. The van der Waals surface area contributed by atoms with Crippen molar-refractivity contribution < 1.29 is 9.90 Å². The van der Waals surface area contributed by atoms with Gasteiger partial charge in [0.25, 0.3) is 5.56 Å². The lowest BCUT2D eigenvalue weighted by Gasteiger charge is -2.04. The highest BCUT2D eigenvalue weighted by atomic mass is 16.4. The predicted octanol–water partition coefficient (Wildman–Crippen LogP) is 2.29. The Bertz CT molecular complexity index is 1400. The van der Waals surface area contributed by atoms with E-state index in [1.165, 1.54) is 22.7 Å². The molecular formula is C21H14N4O3. The zero-order chi connectivity index (χ0) is 19.8. The Morgan fingerprint density at radius 2 is 1.93 bits per heavy atom. The van der Waals surface area contributed by atoms with Crippen molar-refractivity contribution in [2.24, 2.45) is 0 Å². The van der Waals surface area contributed by atoms with Crippen molar-refractivity contribution in [1.29, 1.82) is 5.26 Å². The molecule has 28 heavy (non-hydrogen) atoms. The fraction of sp³-hybridized carbons (Fsp3) is 0.0476. The molecule has 136 valence electrons. The Balaban J connectivity index is 1.92. The van der Waals surface area contributed by atoms with Gasteiger partial charge in [-0.05, 0) is 48.9 Å². The van der Waals surface area contributed by atoms with Crippen LogP contribution >= 0.6 is 0 Å². The second-order valence-corrected chi connectivity index (χ2v) is 6.26. The molecule has 0 saturated heterocycles. The predicted molar refractivity (Wildman–Crippen MR) is 105 cm³/mol. The van der Waals surface area contributed by atoms with E-state index in [0.29, 0.717) is 38.7 Å². The number of imidazole rings is 1. The van der Waals surface area contributed by atoms with Crippen molar-refractivity contribution in [3.8, 4) is 6.07 Å². The Kier molecular flexibility index (Phi) is 4.02. The number of carboxylic acid groups (broad SMARTS) is 1. The van der Waals surface area contributed by atoms with E-state index in [0.717, 1.165) is 0 Å². The summed E-state index contributed by atoms with van der Waals surface area (Å²) in [7, 11) is 0. The van der Waals surface area contributed by atoms with Crippen LogP contribution in [-0.2, 0) is 0 Å². The summed E-state index contributed by atoms with van der Waals surface area (Å²) >= 11 is 0. The zero-order valence-corrected chi connectivity index (χ0v) is 14.8. The molecule has 0 aliphatic carbocycles. The first-order valence-corrected chi connectivity index (χ1v) is 8.45. The van der Waals surface area contributed by atoms with Crippen LogP contribution in [0.1, 0.15) is 21.5 Å². The minimum absolute atomic E-state index is 0.171. The summed E-state index contributed by atoms with van der Waals surface area (Å²) in [6.07, 6.45) is 1.53. The molecule has 0 bridgehead atoms. The van der Waals surface area contributed by atoms with Crippen molar-refractivity contribution in [1.82, 2.24) is 9.38 Å². The van der Waals surface area contributed by atoms with Gasteiger partial charge in [0.1, 0.15) is 6.07 Å². The van der Waals surface area contributed by atoms with Gasteiger partial charge >= 0.3 is 5.97 Å². The molecule has 4 rings (SSSR count). The molecule has 2 aromatic heterocycles. The number of hydrogen-bond donors (Lipinski definition) is 2.